The number of rotatable bonds is 4. The van der Waals surface area contributed by atoms with Gasteiger partial charge in [0, 0.05) is 34.9 Å². The molecule has 0 bridgehead atoms. The van der Waals surface area contributed by atoms with Crippen LogP contribution in [0.1, 0.15) is 111 Å². The molecule has 0 heterocycles. The highest BCUT2D eigenvalue weighted by Gasteiger charge is 2.66. The van der Waals surface area contributed by atoms with Crippen molar-refractivity contribution in [2.45, 2.75) is 128 Å². The van der Waals surface area contributed by atoms with Gasteiger partial charge in [-0.2, -0.15) is 0 Å². The Morgan fingerprint density at radius 1 is 0.946 bits per heavy atom. The van der Waals surface area contributed by atoms with Crippen molar-refractivity contribution in [3.05, 3.63) is 23.8 Å². The fraction of sp³-hybridized carbons (Fsp3) is 0.781. The van der Waals surface area contributed by atoms with E-state index < -0.39 is 5.60 Å². The minimum absolute atomic E-state index is 0.0599. The van der Waals surface area contributed by atoms with E-state index in [1.54, 1.807) is 12.2 Å². The van der Waals surface area contributed by atoms with Gasteiger partial charge in [-0.05, 0) is 87.7 Å². The molecule has 0 N–H and O–H groups in total. The first-order valence-corrected chi connectivity index (χ1v) is 15.2. The van der Waals surface area contributed by atoms with Crippen molar-refractivity contribution in [1.29, 1.82) is 0 Å². The van der Waals surface area contributed by atoms with Crippen LogP contribution in [-0.4, -0.2) is 40.2 Å². The summed E-state index contributed by atoms with van der Waals surface area (Å²) in [6.07, 6.45) is 19.8. The monoisotopic (exact) mass is 507 g/mol. The lowest BCUT2D eigenvalue weighted by Gasteiger charge is -2.58. The Balaban J connectivity index is 1.28. The molecule has 0 aromatic rings. The number of allylic oxidation sites excluding steroid dienone is 4. The van der Waals surface area contributed by atoms with E-state index in [4.69, 9.17) is 4.74 Å². The molecule has 5 fully saturated rings. The average molecular weight is 508 g/mol. The molecule has 1 amide bonds. The number of hydrogen-bond acceptors (Lipinski definition) is 4. The lowest BCUT2D eigenvalue weighted by molar-refractivity contribution is -0.143. The van der Waals surface area contributed by atoms with Crippen LogP contribution in [-0.2, 0) is 14.3 Å². The van der Waals surface area contributed by atoms with Gasteiger partial charge in [0.2, 0.25) is 0 Å². The first-order valence-electron chi connectivity index (χ1n) is 15.2. The second-order valence-electron chi connectivity index (χ2n) is 13.6. The predicted octanol–water partition coefficient (Wildman–Crippen LogP) is 6.95. The molecule has 0 aliphatic heterocycles. The zero-order chi connectivity index (χ0) is 26.0. The SMILES string of the molecule is CC[C@]1(OC(=O)N(C2CCCC2)C2CCCC2)CCC2C3CC(=O)C4=CC(=O)C=C[C@]4(C)C3CC[C@@]21C. The zero-order valence-electron chi connectivity index (χ0n) is 23.1. The van der Waals surface area contributed by atoms with Crippen LogP contribution >= 0.6 is 0 Å². The Labute approximate surface area is 222 Å². The summed E-state index contributed by atoms with van der Waals surface area (Å²) in [7, 11) is 0. The Morgan fingerprint density at radius 3 is 2.19 bits per heavy atom. The number of Topliss-reactive ketones (excluding diaryl/α,β-unsaturated/α-hetero) is 1. The van der Waals surface area contributed by atoms with Crippen LogP contribution in [0, 0.1) is 28.6 Å². The van der Waals surface area contributed by atoms with Gasteiger partial charge >= 0.3 is 6.09 Å². The van der Waals surface area contributed by atoms with Crippen molar-refractivity contribution in [2.75, 3.05) is 0 Å². The molecule has 0 spiro atoms. The number of fused-ring (bicyclic) bond motifs is 5. The lowest BCUT2D eigenvalue weighted by Crippen LogP contribution is -2.58. The van der Waals surface area contributed by atoms with E-state index >= 15 is 0 Å². The number of ketones is 2. The van der Waals surface area contributed by atoms with Gasteiger partial charge in [-0.25, -0.2) is 4.79 Å². The number of carbonyl (C=O) groups excluding carboxylic acids is 3. The van der Waals surface area contributed by atoms with Gasteiger partial charge in [-0.3, -0.25) is 9.59 Å². The quantitative estimate of drug-likeness (QED) is 0.413. The fourth-order valence-corrected chi connectivity index (χ4v) is 10.1. The molecule has 0 radical (unpaired) electrons. The molecule has 5 saturated carbocycles. The third kappa shape index (κ3) is 3.72. The minimum atomic E-state index is -0.465. The first-order chi connectivity index (χ1) is 17.7. The molecule has 202 valence electrons. The Kier molecular flexibility index (Phi) is 6.23. The van der Waals surface area contributed by atoms with E-state index in [0.29, 0.717) is 30.3 Å². The van der Waals surface area contributed by atoms with E-state index in [-0.39, 0.29) is 34.4 Å². The highest BCUT2D eigenvalue weighted by atomic mass is 16.6. The molecule has 0 aromatic carbocycles. The normalized spacial score (nSPS) is 41.8. The maximum Gasteiger partial charge on any atom is 0.410 e. The van der Waals surface area contributed by atoms with Crippen LogP contribution in [0.3, 0.4) is 0 Å². The maximum atomic E-state index is 14.1. The molecule has 0 saturated heterocycles. The second-order valence-corrected chi connectivity index (χ2v) is 13.6. The zero-order valence-corrected chi connectivity index (χ0v) is 23.1. The summed E-state index contributed by atoms with van der Waals surface area (Å²) in [4.78, 5) is 41.7. The molecule has 6 rings (SSSR count). The van der Waals surface area contributed by atoms with Crippen LogP contribution < -0.4 is 0 Å². The van der Waals surface area contributed by atoms with Crippen molar-refractivity contribution in [1.82, 2.24) is 4.90 Å². The van der Waals surface area contributed by atoms with E-state index in [1.165, 1.54) is 25.7 Å². The maximum absolute atomic E-state index is 14.1. The van der Waals surface area contributed by atoms with Gasteiger partial charge in [-0.1, -0.05) is 52.5 Å². The number of amides is 1. The number of carbonyl (C=O) groups is 3. The largest absolute Gasteiger partial charge is 0.442 e. The molecule has 3 unspecified atom stereocenters. The van der Waals surface area contributed by atoms with Crippen molar-refractivity contribution < 1.29 is 19.1 Å². The van der Waals surface area contributed by atoms with Gasteiger partial charge < -0.3 is 9.64 Å². The summed E-state index contributed by atoms with van der Waals surface area (Å²) in [6, 6.07) is 0.680. The van der Waals surface area contributed by atoms with Gasteiger partial charge in [-0.15, -0.1) is 0 Å². The molecule has 37 heavy (non-hydrogen) atoms. The Bertz CT molecular complexity index is 1020. The van der Waals surface area contributed by atoms with Gasteiger partial charge in [0.15, 0.2) is 11.6 Å². The van der Waals surface area contributed by atoms with Crippen LogP contribution in [0.25, 0.3) is 0 Å². The van der Waals surface area contributed by atoms with Crippen molar-refractivity contribution in [3.8, 4) is 0 Å². The lowest BCUT2D eigenvalue weighted by atomic mass is 9.47. The van der Waals surface area contributed by atoms with Crippen LogP contribution in [0.15, 0.2) is 23.8 Å². The van der Waals surface area contributed by atoms with Crippen molar-refractivity contribution in [2.24, 2.45) is 28.6 Å². The summed E-state index contributed by atoms with van der Waals surface area (Å²) in [5, 5.41) is 0. The van der Waals surface area contributed by atoms with E-state index in [1.807, 2.05) is 6.08 Å². The minimum Gasteiger partial charge on any atom is -0.442 e. The third-order valence-electron chi connectivity index (χ3n) is 12.2. The highest BCUT2D eigenvalue weighted by molar-refractivity contribution is 6.10. The summed E-state index contributed by atoms with van der Waals surface area (Å²) < 4.78 is 6.79. The molecule has 6 atom stereocenters. The standard InChI is InChI=1S/C32H45NO4/c1-4-32(37-29(36)33(21-9-5-6-10-21)22-11-7-8-12-22)18-15-26-24-20-28(35)27-19-23(34)13-16-30(27,2)25(24)14-17-31(26,32)3/h13,16,19,21-22,24-26H,4-12,14-15,17-18,20H2,1-3H3/t24?,25?,26?,30-,31+,32+/m1/s1. The number of hydrogen-bond donors (Lipinski definition) is 0. The molecule has 0 aromatic heterocycles. The topological polar surface area (TPSA) is 63.7 Å². The second kappa shape index (κ2) is 9.09. The van der Waals surface area contributed by atoms with Crippen molar-refractivity contribution in [3.63, 3.8) is 0 Å². The molecular weight excluding hydrogens is 462 g/mol. The summed E-state index contributed by atoms with van der Waals surface area (Å²) >= 11 is 0. The van der Waals surface area contributed by atoms with Crippen LogP contribution in [0.4, 0.5) is 4.79 Å². The summed E-state index contributed by atoms with van der Waals surface area (Å²) in [5.41, 5.74) is -0.222. The molecule has 5 heteroatoms. The highest BCUT2D eigenvalue weighted by Crippen LogP contribution is 2.68. The number of nitrogens with zero attached hydrogens (tertiary/aromatic N) is 1. The van der Waals surface area contributed by atoms with Crippen LogP contribution in [0.5, 0.6) is 0 Å². The third-order valence-corrected chi connectivity index (χ3v) is 12.2. The van der Waals surface area contributed by atoms with Gasteiger partial charge in [0.05, 0.1) is 0 Å². The Hall–Kier alpha value is -1.91. The molecule has 5 nitrogen and oxygen atoms in total. The van der Waals surface area contributed by atoms with Gasteiger partial charge in [0.1, 0.15) is 5.60 Å². The van der Waals surface area contributed by atoms with Crippen molar-refractivity contribution >= 4 is 17.7 Å². The smallest absolute Gasteiger partial charge is 0.410 e. The van der Waals surface area contributed by atoms with Crippen LogP contribution in [0.2, 0.25) is 0 Å². The average Bonchev–Trinajstić information content (AvgIpc) is 3.63. The van der Waals surface area contributed by atoms with Gasteiger partial charge in [0.25, 0.3) is 0 Å². The van der Waals surface area contributed by atoms with E-state index in [9.17, 15) is 14.4 Å². The molecule has 6 aliphatic rings. The fourth-order valence-electron chi connectivity index (χ4n) is 10.1. The number of ether oxygens (including phenoxy) is 1. The summed E-state index contributed by atoms with van der Waals surface area (Å²) in [6.45, 7) is 6.74. The molecular formula is C32H45NO4. The first kappa shape index (κ1) is 25.4. The molecule has 6 aliphatic carbocycles. The van der Waals surface area contributed by atoms with E-state index in [2.05, 4.69) is 25.7 Å². The summed E-state index contributed by atoms with van der Waals surface area (Å²) in [5.74, 6) is 1.07. The predicted molar refractivity (Wildman–Crippen MR) is 143 cm³/mol. The Morgan fingerprint density at radius 2 is 1.57 bits per heavy atom. The van der Waals surface area contributed by atoms with E-state index in [0.717, 1.165) is 63.4 Å².